The van der Waals surface area contributed by atoms with Gasteiger partial charge in [0, 0.05) is 69.4 Å². The van der Waals surface area contributed by atoms with Gasteiger partial charge in [0.25, 0.3) is 0 Å². The maximum absolute atomic E-state index is 5.42. The van der Waals surface area contributed by atoms with Gasteiger partial charge in [-0.15, -0.1) is 0 Å². The van der Waals surface area contributed by atoms with Crippen molar-refractivity contribution in [2.75, 3.05) is 45.3 Å². The maximum Gasteiger partial charge on any atom is 0.191 e. The molecule has 0 aliphatic carbocycles. The van der Waals surface area contributed by atoms with Gasteiger partial charge in [-0.05, 0) is 38.2 Å². The summed E-state index contributed by atoms with van der Waals surface area (Å²) in [5.74, 6) is 2.56. The van der Waals surface area contributed by atoms with Crippen LogP contribution in [0.2, 0.25) is 0 Å². The summed E-state index contributed by atoms with van der Waals surface area (Å²) in [6, 6.07) is 6.47. The molecule has 1 aromatic heterocycles. The van der Waals surface area contributed by atoms with Crippen LogP contribution in [0.5, 0.6) is 11.5 Å². The van der Waals surface area contributed by atoms with Gasteiger partial charge >= 0.3 is 0 Å². The third-order valence-electron chi connectivity index (χ3n) is 5.53. The summed E-state index contributed by atoms with van der Waals surface area (Å²) in [6.45, 7) is 5.72. The van der Waals surface area contributed by atoms with Crippen LogP contribution in [0.1, 0.15) is 31.7 Å². The fourth-order valence-electron chi connectivity index (χ4n) is 3.85. The molecule has 1 aliphatic rings. The Balaban J connectivity index is 1.49. The first-order chi connectivity index (χ1) is 15.1. The molecule has 0 radical (unpaired) electrons. The van der Waals surface area contributed by atoms with E-state index in [0.29, 0.717) is 6.04 Å². The zero-order valence-electron chi connectivity index (χ0n) is 19.2. The zero-order valence-corrected chi connectivity index (χ0v) is 19.2. The van der Waals surface area contributed by atoms with Crippen LogP contribution in [0.4, 0.5) is 5.69 Å². The minimum Gasteiger partial charge on any atom is -0.497 e. The average Bonchev–Trinajstić information content (AvgIpc) is 3.21. The van der Waals surface area contributed by atoms with Gasteiger partial charge in [-0.25, -0.2) is 0 Å². The number of hydrogen-bond acceptors (Lipinski definition) is 5. The number of nitrogens with zero attached hydrogens (tertiary/aromatic N) is 4. The highest BCUT2D eigenvalue weighted by Crippen LogP contribution is 2.30. The van der Waals surface area contributed by atoms with Crippen LogP contribution in [0.3, 0.4) is 0 Å². The molecule has 2 N–H and O–H groups in total. The molecule has 0 atom stereocenters. The minimum atomic E-state index is 0.417. The van der Waals surface area contributed by atoms with E-state index in [1.54, 1.807) is 14.2 Å². The SMILES string of the molecule is CCNC(=NCCCc1cnn(C)c1)NC1CCN(c2cc(OC)cc(OC)c2)CC1. The van der Waals surface area contributed by atoms with E-state index in [9.17, 15) is 0 Å². The second-order valence-electron chi connectivity index (χ2n) is 7.86. The molecule has 8 nitrogen and oxygen atoms in total. The molecule has 1 fully saturated rings. The van der Waals surface area contributed by atoms with Crippen LogP contribution in [0.15, 0.2) is 35.6 Å². The Labute approximate surface area is 185 Å². The van der Waals surface area contributed by atoms with Crippen molar-refractivity contribution in [2.24, 2.45) is 12.0 Å². The smallest absolute Gasteiger partial charge is 0.191 e. The Morgan fingerprint density at radius 2 is 1.87 bits per heavy atom. The van der Waals surface area contributed by atoms with Crippen molar-refractivity contribution in [1.82, 2.24) is 20.4 Å². The fraction of sp³-hybridized carbons (Fsp3) is 0.565. The van der Waals surface area contributed by atoms with Crippen molar-refractivity contribution in [3.05, 3.63) is 36.2 Å². The van der Waals surface area contributed by atoms with E-state index >= 15 is 0 Å². The van der Waals surface area contributed by atoms with Gasteiger partial charge in [-0.3, -0.25) is 9.67 Å². The summed E-state index contributed by atoms with van der Waals surface area (Å²) in [7, 11) is 5.32. The first-order valence-corrected chi connectivity index (χ1v) is 11.1. The van der Waals surface area contributed by atoms with Gasteiger partial charge in [0.2, 0.25) is 0 Å². The number of ether oxygens (including phenoxy) is 2. The van der Waals surface area contributed by atoms with E-state index in [2.05, 4.69) is 45.9 Å². The van der Waals surface area contributed by atoms with Crippen molar-refractivity contribution in [3.8, 4) is 11.5 Å². The highest BCUT2D eigenvalue weighted by Gasteiger charge is 2.21. The standard InChI is InChI=1S/C23H36N6O2/c1-5-24-23(25-10-6-7-18-16-26-28(2)17-18)27-19-8-11-29(12-9-19)20-13-21(30-3)15-22(14-20)31-4/h13-17,19H,5-12H2,1-4H3,(H2,24,25,27). The van der Waals surface area contributed by atoms with Gasteiger partial charge in [0.05, 0.1) is 20.4 Å². The van der Waals surface area contributed by atoms with Crippen molar-refractivity contribution in [3.63, 3.8) is 0 Å². The number of aliphatic imine (C=N–C) groups is 1. The number of aromatic nitrogens is 2. The predicted molar refractivity (Wildman–Crippen MR) is 125 cm³/mol. The summed E-state index contributed by atoms with van der Waals surface area (Å²) in [6.07, 6.45) is 8.12. The number of rotatable bonds is 9. The van der Waals surface area contributed by atoms with Crippen molar-refractivity contribution >= 4 is 11.6 Å². The molecule has 0 unspecified atom stereocenters. The molecule has 0 amide bonds. The van der Waals surface area contributed by atoms with E-state index in [1.807, 2.05) is 24.0 Å². The van der Waals surface area contributed by atoms with Crippen LogP contribution >= 0.6 is 0 Å². The first kappa shape index (κ1) is 22.8. The highest BCUT2D eigenvalue weighted by atomic mass is 16.5. The van der Waals surface area contributed by atoms with E-state index in [1.165, 1.54) is 5.56 Å². The molecular formula is C23H36N6O2. The highest BCUT2D eigenvalue weighted by molar-refractivity contribution is 5.80. The number of methoxy groups -OCH3 is 2. The maximum atomic E-state index is 5.42. The molecule has 170 valence electrons. The van der Waals surface area contributed by atoms with Gasteiger partial charge in [0.15, 0.2) is 5.96 Å². The number of aryl methyl sites for hydroxylation is 2. The number of nitrogens with one attached hydrogen (secondary N) is 2. The van der Waals surface area contributed by atoms with Crippen LogP contribution in [-0.4, -0.2) is 62.2 Å². The van der Waals surface area contributed by atoms with E-state index in [0.717, 1.165) is 75.0 Å². The molecule has 1 saturated heterocycles. The fourth-order valence-corrected chi connectivity index (χ4v) is 3.85. The zero-order chi connectivity index (χ0) is 22.1. The van der Waals surface area contributed by atoms with Crippen LogP contribution in [0.25, 0.3) is 0 Å². The number of anilines is 1. The lowest BCUT2D eigenvalue weighted by Gasteiger charge is -2.34. The topological polar surface area (TPSA) is 75.9 Å². The van der Waals surface area contributed by atoms with E-state index in [4.69, 9.17) is 14.5 Å². The van der Waals surface area contributed by atoms with Gasteiger partial charge in [-0.1, -0.05) is 0 Å². The Hall–Kier alpha value is -2.90. The second-order valence-corrected chi connectivity index (χ2v) is 7.86. The van der Waals surface area contributed by atoms with Crippen LogP contribution in [-0.2, 0) is 13.5 Å². The molecule has 1 aromatic carbocycles. The molecule has 2 aromatic rings. The van der Waals surface area contributed by atoms with E-state index in [-0.39, 0.29) is 0 Å². The second kappa shape index (κ2) is 11.5. The van der Waals surface area contributed by atoms with E-state index < -0.39 is 0 Å². The average molecular weight is 429 g/mol. The van der Waals surface area contributed by atoms with Gasteiger partial charge in [-0.2, -0.15) is 5.10 Å². The van der Waals surface area contributed by atoms with Crippen molar-refractivity contribution in [1.29, 1.82) is 0 Å². The summed E-state index contributed by atoms with van der Waals surface area (Å²) in [5, 5.41) is 11.2. The van der Waals surface area contributed by atoms with Crippen molar-refractivity contribution in [2.45, 2.75) is 38.6 Å². The summed E-state index contributed by atoms with van der Waals surface area (Å²) in [4.78, 5) is 7.16. The Kier molecular flexibility index (Phi) is 8.44. The Bertz CT molecular complexity index is 820. The largest absolute Gasteiger partial charge is 0.497 e. The molecule has 1 aliphatic heterocycles. The molecule has 8 heteroatoms. The molecule has 0 bridgehead atoms. The number of guanidine groups is 1. The lowest BCUT2D eigenvalue weighted by atomic mass is 10.0. The molecule has 2 heterocycles. The van der Waals surface area contributed by atoms with Gasteiger partial charge < -0.3 is 25.0 Å². The lowest BCUT2D eigenvalue weighted by Crippen LogP contribution is -2.48. The number of piperidine rings is 1. The lowest BCUT2D eigenvalue weighted by molar-refractivity contribution is 0.393. The Morgan fingerprint density at radius 3 is 2.45 bits per heavy atom. The monoisotopic (exact) mass is 428 g/mol. The summed E-state index contributed by atoms with van der Waals surface area (Å²) in [5.41, 5.74) is 2.41. The first-order valence-electron chi connectivity index (χ1n) is 11.1. The number of benzene rings is 1. The summed E-state index contributed by atoms with van der Waals surface area (Å²) < 4.78 is 12.7. The van der Waals surface area contributed by atoms with Crippen molar-refractivity contribution < 1.29 is 9.47 Å². The third-order valence-corrected chi connectivity index (χ3v) is 5.53. The van der Waals surface area contributed by atoms with Crippen LogP contribution < -0.4 is 25.0 Å². The molecular weight excluding hydrogens is 392 g/mol. The quantitative estimate of drug-likeness (QED) is 0.363. The normalized spacial score (nSPS) is 15.1. The third kappa shape index (κ3) is 6.80. The molecule has 0 saturated carbocycles. The summed E-state index contributed by atoms with van der Waals surface area (Å²) >= 11 is 0. The predicted octanol–water partition coefficient (Wildman–Crippen LogP) is 2.59. The molecule has 3 rings (SSSR count). The number of hydrogen-bond donors (Lipinski definition) is 2. The minimum absolute atomic E-state index is 0.417. The Morgan fingerprint density at radius 1 is 1.16 bits per heavy atom. The molecule has 0 spiro atoms. The molecule has 31 heavy (non-hydrogen) atoms. The van der Waals surface area contributed by atoms with Gasteiger partial charge in [0.1, 0.15) is 11.5 Å². The van der Waals surface area contributed by atoms with Crippen LogP contribution in [0, 0.1) is 0 Å².